The van der Waals surface area contributed by atoms with Gasteiger partial charge in [-0.3, -0.25) is 4.79 Å². The van der Waals surface area contributed by atoms with Crippen molar-refractivity contribution in [2.24, 2.45) is 5.73 Å². The van der Waals surface area contributed by atoms with Crippen molar-refractivity contribution in [1.29, 1.82) is 0 Å². The van der Waals surface area contributed by atoms with E-state index in [9.17, 15) is 4.79 Å². The number of likely N-dealkylation sites (tertiary alicyclic amines) is 1. The van der Waals surface area contributed by atoms with Crippen molar-refractivity contribution in [2.75, 3.05) is 26.7 Å². The molecule has 0 radical (unpaired) electrons. The summed E-state index contributed by atoms with van der Waals surface area (Å²) < 4.78 is 5.37. The monoisotopic (exact) mass is 262 g/mol. The van der Waals surface area contributed by atoms with Gasteiger partial charge in [0.25, 0.3) is 5.91 Å². The van der Waals surface area contributed by atoms with Crippen LogP contribution in [0, 0.1) is 0 Å². The molecule has 2 N–H and O–H groups in total. The first-order valence-electron chi connectivity index (χ1n) is 6.86. The standard InChI is InChI=1S/C15H22N2O2/c1-19-13-6-4-10-17(11-13)15(18)14-7-3-2-5-12(14)8-9-16/h2-3,5,7,13H,4,6,8-11,16H2,1H3. The van der Waals surface area contributed by atoms with Gasteiger partial charge in [0.15, 0.2) is 0 Å². The minimum atomic E-state index is 0.103. The van der Waals surface area contributed by atoms with Gasteiger partial charge in [-0.05, 0) is 37.4 Å². The van der Waals surface area contributed by atoms with Crippen LogP contribution in [0.25, 0.3) is 0 Å². The van der Waals surface area contributed by atoms with Gasteiger partial charge < -0.3 is 15.4 Å². The number of nitrogens with two attached hydrogens (primary N) is 1. The molecule has 0 aliphatic carbocycles. The number of nitrogens with zero attached hydrogens (tertiary/aromatic N) is 1. The Labute approximate surface area is 114 Å². The van der Waals surface area contributed by atoms with Gasteiger partial charge >= 0.3 is 0 Å². The molecular formula is C15H22N2O2. The number of carbonyl (C=O) groups is 1. The summed E-state index contributed by atoms with van der Waals surface area (Å²) in [5.41, 5.74) is 7.43. The third-order valence-electron chi connectivity index (χ3n) is 3.66. The Bertz CT molecular complexity index is 434. The second-order valence-corrected chi connectivity index (χ2v) is 4.95. The third kappa shape index (κ3) is 3.33. The van der Waals surface area contributed by atoms with Crippen LogP contribution in [0.1, 0.15) is 28.8 Å². The summed E-state index contributed by atoms with van der Waals surface area (Å²) >= 11 is 0. The van der Waals surface area contributed by atoms with Gasteiger partial charge in [0.1, 0.15) is 0 Å². The van der Waals surface area contributed by atoms with Crippen molar-refractivity contribution < 1.29 is 9.53 Å². The van der Waals surface area contributed by atoms with E-state index >= 15 is 0 Å². The fourth-order valence-electron chi connectivity index (χ4n) is 2.59. The summed E-state index contributed by atoms with van der Waals surface area (Å²) in [4.78, 5) is 14.5. The van der Waals surface area contributed by atoms with Crippen LogP contribution in [0.4, 0.5) is 0 Å². The summed E-state index contributed by atoms with van der Waals surface area (Å²) in [5, 5.41) is 0. The smallest absolute Gasteiger partial charge is 0.254 e. The number of ether oxygens (including phenoxy) is 1. The maximum Gasteiger partial charge on any atom is 0.254 e. The van der Waals surface area contributed by atoms with Crippen molar-refractivity contribution in [3.63, 3.8) is 0 Å². The van der Waals surface area contributed by atoms with Crippen LogP contribution in [-0.2, 0) is 11.2 Å². The predicted octanol–water partition coefficient (Wildman–Crippen LogP) is 1.44. The molecule has 0 spiro atoms. The fourth-order valence-corrected chi connectivity index (χ4v) is 2.59. The number of piperidine rings is 1. The molecule has 104 valence electrons. The van der Waals surface area contributed by atoms with Gasteiger partial charge in [-0.2, -0.15) is 0 Å². The van der Waals surface area contributed by atoms with E-state index in [1.165, 1.54) is 0 Å². The summed E-state index contributed by atoms with van der Waals surface area (Å²) in [7, 11) is 1.71. The van der Waals surface area contributed by atoms with E-state index in [0.717, 1.165) is 36.9 Å². The van der Waals surface area contributed by atoms with Crippen molar-refractivity contribution in [1.82, 2.24) is 4.90 Å². The minimum absolute atomic E-state index is 0.103. The Hall–Kier alpha value is -1.39. The quantitative estimate of drug-likeness (QED) is 0.893. The van der Waals surface area contributed by atoms with Crippen LogP contribution >= 0.6 is 0 Å². The second kappa shape index (κ2) is 6.68. The summed E-state index contributed by atoms with van der Waals surface area (Å²) in [6, 6.07) is 7.74. The topological polar surface area (TPSA) is 55.6 Å². The predicted molar refractivity (Wildman–Crippen MR) is 75.1 cm³/mol. The Morgan fingerprint density at radius 3 is 3.00 bits per heavy atom. The average Bonchev–Trinajstić information content (AvgIpc) is 2.47. The first-order valence-corrected chi connectivity index (χ1v) is 6.86. The van der Waals surface area contributed by atoms with Gasteiger partial charge in [-0.15, -0.1) is 0 Å². The van der Waals surface area contributed by atoms with Gasteiger partial charge in [-0.1, -0.05) is 18.2 Å². The van der Waals surface area contributed by atoms with E-state index in [2.05, 4.69) is 0 Å². The van der Waals surface area contributed by atoms with E-state index in [1.54, 1.807) is 7.11 Å². The molecule has 1 heterocycles. The summed E-state index contributed by atoms with van der Waals surface area (Å²) in [6.07, 6.45) is 2.94. The molecule has 1 saturated heterocycles. The van der Waals surface area contributed by atoms with E-state index in [-0.39, 0.29) is 12.0 Å². The first kappa shape index (κ1) is 14.0. The lowest BCUT2D eigenvalue weighted by Gasteiger charge is -2.32. The molecule has 1 aliphatic heterocycles. The van der Waals surface area contributed by atoms with Crippen LogP contribution in [-0.4, -0.2) is 43.7 Å². The normalized spacial score (nSPS) is 19.5. The molecule has 1 aromatic rings. The SMILES string of the molecule is COC1CCCN(C(=O)c2ccccc2CCN)C1. The molecule has 0 saturated carbocycles. The van der Waals surface area contributed by atoms with Crippen molar-refractivity contribution in [2.45, 2.75) is 25.4 Å². The molecule has 1 atom stereocenters. The van der Waals surface area contributed by atoms with E-state index in [0.29, 0.717) is 13.1 Å². The molecule has 0 bridgehead atoms. The number of benzene rings is 1. The Kier molecular flexibility index (Phi) is 4.93. The van der Waals surface area contributed by atoms with Crippen LogP contribution in [0.5, 0.6) is 0 Å². The van der Waals surface area contributed by atoms with Crippen molar-refractivity contribution >= 4 is 5.91 Å². The first-order chi connectivity index (χ1) is 9.26. The second-order valence-electron chi connectivity index (χ2n) is 4.95. The zero-order chi connectivity index (χ0) is 13.7. The summed E-state index contributed by atoms with van der Waals surface area (Å²) in [6.45, 7) is 2.06. The van der Waals surface area contributed by atoms with Crippen LogP contribution in [0.3, 0.4) is 0 Å². The largest absolute Gasteiger partial charge is 0.380 e. The number of carbonyl (C=O) groups excluding carboxylic acids is 1. The number of hydrogen-bond donors (Lipinski definition) is 1. The third-order valence-corrected chi connectivity index (χ3v) is 3.66. The van der Waals surface area contributed by atoms with Gasteiger partial charge in [0.05, 0.1) is 6.10 Å². The molecule has 1 aliphatic rings. The highest BCUT2D eigenvalue weighted by Crippen LogP contribution is 2.18. The zero-order valence-electron chi connectivity index (χ0n) is 11.5. The van der Waals surface area contributed by atoms with Crippen molar-refractivity contribution in [3.05, 3.63) is 35.4 Å². The Morgan fingerprint density at radius 2 is 2.26 bits per heavy atom. The molecule has 1 aromatic carbocycles. The molecule has 4 heteroatoms. The lowest BCUT2D eigenvalue weighted by Crippen LogP contribution is -2.43. The zero-order valence-corrected chi connectivity index (χ0v) is 11.5. The minimum Gasteiger partial charge on any atom is -0.380 e. The molecule has 4 nitrogen and oxygen atoms in total. The molecule has 1 fully saturated rings. The Morgan fingerprint density at radius 1 is 1.47 bits per heavy atom. The average molecular weight is 262 g/mol. The molecule has 2 rings (SSSR count). The number of rotatable bonds is 4. The van der Waals surface area contributed by atoms with Crippen LogP contribution in [0.15, 0.2) is 24.3 Å². The Balaban J connectivity index is 2.14. The van der Waals surface area contributed by atoms with Gasteiger partial charge in [0, 0.05) is 25.8 Å². The maximum absolute atomic E-state index is 12.6. The highest BCUT2D eigenvalue weighted by molar-refractivity contribution is 5.95. The maximum atomic E-state index is 12.6. The van der Waals surface area contributed by atoms with Crippen molar-refractivity contribution in [3.8, 4) is 0 Å². The lowest BCUT2D eigenvalue weighted by molar-refractivity contribution is 0.0268. The number of amides is 1. The summed E-state index contributed by atoms with van der Waals surface area (Å²) in [5.74, 6) is 0.103. The van der Waals surface area contributed by atoms with Gasteiger partial charge in [0.2, 0.25) is 0 Å². The fraction of sp³-hybridized carbons (Fsp3) is 0.533. The molecule has 1 unspecified atom stereocenters. The molecule has 1 amide bonds. The van der Waals surface area contributed by atoms with E-state index < -0.39 is 0 Å². The van der Waals surface area contributed by atoms with Gasteiger partial charge in [-0.25, -0.2) is 0 Å². The highest BCUT2D eigenvalue weighted by Gasteiger charge is 2.25. The molecular weight excluding hydrogens is 240 g/mol. The lowest BCUT2D eigenvalue weighted by atomic mass is 10.0. The van der Waals surface area contributed by atoms with Crippen LogP contribution < -0.4 is 5.73 Å². The number of methoxy groups -OCH3 is 1. The highest BCUT2D eigenvalue weighted by atomic mass is 16.5. The molecule has 19 heavy (non-hydrogen) atoms. The molecule has 0 aromatic heterocycles. The van der Waals surface area contributed by atoms with Crippen LogP contribution in [0.2, 0.25) is 0 Å². The number of hydrogen-bond acceptors (Lipinski definition) is 3. The van der Waals surface area contributed by atoms with E-state index in [1.807, 2.05) is 29.2 Å². The van der Waals surface area contributed by atoms with E-state index in [4.69, 9.17) is 10.5 Å².